The van der Waals surface area contributed by atoms with Crippen LogP contribution in [0.5, 0.6) is 0 Å². The van der Waals surface area contributed by atoms with Crippen LogP contribution in [0.1, 0.15) is 52.4 Å². The Morgan fingerprint density at radius 3 is 2.82 bits per heavy atom. The molecule has 4 rings (SSSR count). The molecule has 34 heavy (non-hydrogen) atoms. The number of β-amino-alcohol motifs (C(OH)–C–C–N with tert-alkyl or cyclic N) is 1. The number of allylic oxidation sites excluding steroid dienone is 4. The van der Waals surface area contributed by atoms with Gasteiger partial charge >= 0.3 is 5.97 Å². The molecule has 2 aliphatic heterocycles. The molecule has 1 N–H and O–H groups in total. The molecule has 2 fully saturated rings. The summed E-state index contributed by atoms with van der Waals surface area (Å²) in [6.07, 6.45) is 5.77. The van der Waals surface area contributed by atoms with Gasteiger partial charge in [0.25, 0.3) is 0 Å². The lowest BCUT2D eigenvalue weighted by Gasteiger charge is -2.37. The van der Waals surface area contributed by atoms with Gasteiger partial charge in [-0.05, 0) is 55.4 Å². The minimum atomic E-state index is -0.609. The van der Waals surface area contributed by atoms with E-state index >= 15 is 0 Å². The average molecular weight is 466 g/mol. The number of ether oxygens (including phenoxy) is 1. The average Bonchev–Trinajstić information content (AvgIpc) is 3.44. The molecule has 2 unspecified atom stereocenters. The minimum absolute atomic E-state index is 0.137. The lowest BCUT2D eigenvalue weighted by Crippen LogP contribution is -2.48. The summed E-state index contributed by atoms with van der Waals surface area (Å²) in [6.45, 7) is 10.8. The maximum absolute atomic E-state index is 13.8. The van der Waals surface area contributed by atoms with Crippen molar-refractivity contribution in [3.63, 3.8) is 0 Å². The molecule has 0 spiro atoms. The van der Waals surface area contributed by atoms with Crippen molar-refractivity contribution in [2.75, 3.05) is 39.3 Å². The largest absolute Gasteiger partial charge is 0.457 e. The smallest absolute Gasteiger partial charge is 0.338 e. The van der Waals surface area contributed by atoms with Gasteiger partial charge in [-0.2, -0.15) is 5.26 Å². The number of carbonyl (C=O) groups is 1. The Balaban J connectivity index is 1.29. The summed E-state index contributed by atoms with van der Waals surface area (Å²) in [5.74, 6) is -0.439. The van der Waals surface area contributed by atoms with Crippen LogP contribution in [0.2, 0.25) is 0 Å². The van der Waals surface area contributed by atoms with Crippen LogP contribution < -0.4 is 0 Å². The van der Waals surface area contributed by atoms with Crippen molar-refractivity contribution in [2.45, 2.75) is 38.9 Å². The zero-order chi connectivity index (χ0) is 24.2. The van der Waals surface area contributed by atoms with Gasteiger partial charge < -0.3 is 14.7 Å². The summed E-state index contributed by atoms with van der Waals surface area (Å²) < 4.78 is 19.0. The fourth-order valence-corrected chi connectivity index (χ4v) is 5.24. The van der Waals surface area contributed by atoms with Gasteiger partial charge in [0.1, 0.15) is 18.5 Å². The number of carbonyl (C=O) groups excluding carboxylic acids is 1. The van der Waals surface area contributed by atoms with Crippen LogP contribution >= 0.6 is 0 Å². The van der Waals surface area contributed by atoms with Gasteiger partial charge in [0.05, 0.1) is 17.2 Å². The molecule has 0 bridgehead atoms. The van der Waals surface area contributed by atoms with Crippen LogP contribution in [0.3, 0.4) is 0 Å². The summed E-state index contributed by atoms with van der Waals surface area (Å²) in [5, 5.41) is 19.7. The first kappa shape index (κ1) is 24.3. The number of benzene rings is 1. The number of hydrogen-bond donors (Lipinski definition) is 1. The Hall–Kier alpha value is -2.79. The first-order valence-corrected chi connectivity index (χ1v) is 11.9. The Labute approximate surface area is 200 Å². The second-order valence-corrected chi connectivity index (χ2v) is 9.43. The molecule has 1 aliphatic carbocycles. The van der Waals surface area contributed by atoms with Gasteiger partial charge in [-0.15, -0.1) is 0 Å². The Morgan fingerprint density at radius 1 is 1.35 bits per heavy atom. The van der Waals surface area contributed by atoms with E-state index in [9.17, 15) is 14.3 Å². The third-order valence-corrected chi connectivity index (χ3v) is 7.35. The van der Waals surface area contributed by atoms with E-state index in [-0.39, 0.29) is 18.1 Å². The lowest BCUT2D eigenvalue weighted by molar-refractivity contribution is 0.0535. The van der Waals surface area contributed by atoms with E-state index in [0.717, 1.165) is 68.7 Å². The summed E-state index contributed by atoms with van der Waals surface area (Å²) >= 11 is 0. The third-order valence-electron chi connectivity index (χ3n) is 7.35. The number of rotatable bonds is 7. The number of aliphatic hydroxyl groups is 1. The molecule has 2 atom stereocenters. The van der Waals surface area contributed by atoms with Crippen molar-refractivity contribution in [2.24, 2.45) is 5.92 Å². The summed E-state index contributed by atoms with van der Waals surface area (Å²) in [5.41, 5.74) is 4.41. The highest BCUT2D eigenvalue weighted by molar-refractivity contribution is 5.93. The van der Waals surface area contributed by atoms with Crippen LogP contribution in [-0.2, 0) is 11.3 Å². The van der Waals surface area contributed by atoms with Crippen molar-refractivity contribution in [1.82, 2.24) is 9.80 Å². The first-order valence-electron chi connectivity index (χ1n) is 11.9. The maximum Gasteiger partial charge on any atom is 0.338 e. The van der Waals surface area contributed by atoms with Crippen molar-refractivity contribution in [1.29, 1.82) is 5.26 Å². The molecule has 1 saturated heterocycles. The van der Waals surface area contributed by atoms with Gasteiger partial charge in [0.15, 0.2) is 0 Å². The van der Waals surface area contributed by atoms with Crippen molar-refractivity contribution < 1.29 is 19.0 Å². The van der Waals surface area contributed by atoms with E-state index < -0.39 is 11.9 Å². The molecule has 180 valence electrons. The number of cyclic esters (lactones) is 1. The SMILES string of the molecule is C=C(C#N)/C(F)=C\C=C1/CCCC1CN1CCN(CC(O)c2ccc3c(c2C)COC3=O)CC1. The predicted octanol–water partition coefficient (Wildman–Crippen LogP) is 3.98. The first-order chi connectivity index (χ1) is 16.4. The number of piperazine rings is 1. The number of hydrogen-bond acceptors (Lipinski definition) is 6. The third kappa shape index (κ3) is 5.30. The standard InChI is InChI=1S/C27H32FN3O3/c1-18(14-29)25(28)9-6-20-4-3-5-21(20)15-30-10-12-31(13-11-30)16-26(32)22-7-8-23-24(19(22)2)17-34-27(23)33/h6-9,21,26,32H,1,3-5,10-13,15-17H2,2H3/b20-6+,25-9+. The topological polar surface area (TPSA) is 76.8 Å². The molecule has 0 amide bonds. The lowest BCUT2D eigenvalue weighted by atomic mass is 9.95. The van der Waals surface area contributed by atoms with Gasteiger partial charge in [-0.25, -0.2) is 9.18 Å². The normalized spacial score (nSPS) is 23.6. The Kier molecular flexibility index (Phi) is 7.62. The van der Waals surface area contributed by atoms with Crippen LogP contribution in [0.15, 0.2) is 47.8 Å². The zero-order valence-corrected chi connectivity index (χ0v) is 19.7. The number of nitriles is 1. The van der Waals surface area contributed by atoms with Crippen molar-refractivity contribution >= 4 is 5.97 Å². The molecule has 0 radical (unpaired) electrons. The number of aliphatic hydroxyl groups excluding tert-OH is 1. The highest BCUT2D eigenvalue weighted by Crippen LogP contribution is 2.33. The van der Waals surface area contributed by atoms with Gasteiger partial charge in [-0.1, -0.05) is 24.3 Å². The van der Waals surface area contributed by atoms with E-state index in [4.69, 9.17) is 10.00 Å². The second-order valence-electron chi connectivity index (χ2n) is 9.43. The molecule has 2 heterocycles. The van der Waals surface area contributed by atoms with Crippen molar-refractivity contribution in [3.8, 4) is 6.07 Å². The number of halogens is 1. The molecule has 0 aromatic heterocycles. The fraction of sp³-hybridized carbons (Fsp3) is 0.481. The summed E-state index contributed by atoms with van der Waals surface area (Å²) in [6, 6.07) is 5.35. The molecule has 7 heteroatoms. The molecule has 1 aromatic carbocycles. The minimum Gasteiger partial charge on any atom is -0.457 e. The summed E-state index contributed by atoms with van der Waals surface area (Å²) in [7, 11) is 0. The molecule has 6 nitrogen and oxygen atoms in total. The predicted molar refractivity (Wildman–Crippen MR) is 128 cm³/mol. The van der Waals surface area contributed by atoms with Crippen LogP contribution in [-0.4, -0.2) is 60.1 Å². The molecule has 1 aromatic rings. The van der Waals surface area contributed by atoms with Gasteiger partial charge in [0.2, 0.25) is 0 Å². The number of esters is 1. The molecule has 1 saturated carbocycles. The second kappa shape index (κ2) is 10.6. The van der Waals surface area contributed by atoms with Crippen LogP contribution in [0, 0.1) is 24.2 Å². The monoisotopic (exact) mass is 465 g/mol. The fourth-order valence-electron chi connectivity index (χ4n) is 5.24. The number of fused-ring (bicyclic) bond motifs is 1. The Morgan fingerprint density at radius 2 is 2.09 bits per heavy atom. The van der Waals surface area contributed by atoms with E-state index in [1.54, 1.807) is 12.1 Å². The molecule has 3 aliphatic rings. The molecular weight excluding hydrogens is 433 g/mol. The van der Waals surface area contributed by atoms with E-state index in [1.165, 1.54) is 11.6 Å². The van der Waals surface area contributed by atoms with Crippen LogP contribution in [0.4, 0.5) is 4.39 Å². The van der Waals surface area contributed by atoms with E-state index in [2.05, 4.69) is 16.4 Å². The highest BCUT2D eigenvalue weighted by atomic mass is 19.1. The van der Waals surface area contributed by atoms with E-state index in [0.29, 0.717) is 18.0 Å². The summed E-state index contributed by atoms with van der Waals surface area (Å²) in [4.78, 5) is 16.5. The quantitative estimate of drug-likeness (QED) is 0.373. The Bertz CT molecular complexity index is 1060. The maximum atomic E-state index is 13.8. The van der Waals surface area contributed by atoms with Crippen LogP contribution in [0.25, 0.3) is 0 Å². The van der Waals surface area contributed by atoms with Gasteiger partial charge in [-0.3, -0.25) is 4.90 Å². The molecular formula is C27H32FN3O3. The zero-order valence-electron chi connectivity index (χ0n) is 19.7. The number of nitrogens with zero attached hydrogens (tertiary/aromatic N) is 3. The van der Waals surface area contributed by atoms with Crippen molar-refractivity contribution in [3.05, 3.63) is 70.1 Å². The van der Waals surface area contributed by atoms with E-state index in [1.807, 2.05) is 19.1 Å². The van der Waals surface area contributed by atoms with Gasteiger partial charge in [0, 0.05) is 44.8 Å². The highest BCUT2D eigenvalue weighted by Gasteiger charge is 2.28.